The monoisotopic (exact) mass is 266 g/mol. The Hall–Kier alpha value is -1.42. The minimum absolute atomic E-state index is 0.227. The Kier molecular flexibility index (Phi) is 5.78. The van der Waals surface area contributed by atoms with Gasteiger partial charge in [-0.25, -0.2) is 0 Å². The smallest absolute Gasteiger partial charge is 0.322 e. The van der Waals surface area contributed by atoms with Crippen LogP contribution in [0, 0.1) is 6.92 Å². The van der Waals surface area contributed by atoms with E-state index in [4.69, 9.17) is 4.74 Å². The first-order chi connectivity index (χ1) is 8.56. The highest BCUT2D eigenvalue weighted by Gasteiger charge is 2.22. The van der Waals surface area contributed by atoms with Crippen molar-refractivity contribution in [3.63, 3.8) is 0 Å². The number of rotatable bonds is 5. The lowest BCUT2D eigenvalue weighted by Crippen LogP contribution is -2.25. The third-order valence-electron chi connectivity index (χ3n) is 2.46. The van der Waals surface area contributed by atoms with Gasteiger partial charge in [-0.05, 0) is 32.9 Å². The van der Waals surface area contributed by atoms with Gasteiger partial charge in [-0.2, -0.15) is 0 Å². The fraction of sp³-hybridized carbons (Fsp3) is 0.357. The van der Waals surface area contributed by atoms with Gasteiger partial charge in [0, 0.05) is 4.90 Å². The summed E-state index contributed by atoms with van der Waals surface area (Å²) in [4.78, 5) is 12.3. The largest absolute Gasteiger partial charge is 0.461 e. The number of benzene rings is 1. The summed E-state index contributed by atoms with van der Waals surface area (Å²) in [5, 5.41) is -0.655. The topological polar surface area (TPSA) is 43.4 Å². The average molecular weight is 266 g/mol. The summed E-state index contributed by atoms with van der Waals surface area (Å²) in [5.74, 6) is -0.438. The summed E-state index contributed by atoms with van der Waals surface area (Å²) in [6.07, 6.45) is 3.54. The van der Waals surface area contributed by atoms with Crippen molar-refractivity contribution in [1.82, 2.24) is 0 Å². The van der Waals surface area contributed by atoms with Gasteiger partial charge in [0.05, 0.1) is 10.8 Å². The molecular weight excluding hydrogens is 248 g/mol. The van der Waals surface area contributed by atoms with Crippen LogP contribution in [0.2, 0.25) is 0 Å². The number of carbonyl (C=O) groups excluding carboxylic acids is 1. The maximum atomic E-state index is 12.1. The van der Waals surface area contributed by atoms with E-state index in [1.165, 1.54) is 0 Å². The predicted octanol–water partition coefficient (Wildman–Crippen LogP) is 2.61. The molecule has 1 aromatic rings. The number of allylic oxidation sites excluding steroid dienone is 1. The predicted molar refractivity (Wildman–Crippen MR) is 72.8 cm³/mol. The van der Waals surface area contributed by atoms with Crippen molar-refractivity contribution in [2.45, 2.75) is 30.9 Å². The summed E-state index contributed by atoms with van der Waals surface area (Å²) in [6.45, 7) is 5.65. The second kappa shape index (κ2) is 7.11. The van der Waals surface area contributed by atoms with Gasteiger partial charge in [-0.15, -0.1) is 0 Å². The summed E-state index contributed by atoms with van der Waals surface area (Å²) in [7, 11) is -1.37. The van der Waals surface area contributed by atoms with Crippen molar-refractivity contribution in [1.29, 1.82) is 0 Å². The molecule has 0 amide bonds. The Morgan fingerprint density at radius 1 is 1.39 bits per heavy atom. The first-order valence-electron chi connectivity index (χ1n) is 5.81. The first kappa shape index (κ1) is 14.6. The second-order valence-electron chi connectivity index (χ2n) is 3.95. The standard InChI is InChI=1S/C14H18O3S/c1-4-5-10-17-14(15)12(3)18(16)13-8-6-11(2)7-9-13/h4-9,12H,10H2,1-3H3/b5-4+/t12?,18-/m1/s1. The van der Waals surface area contributed by atoms with Crippen LogP contribution in [0.3, 0.4) is 0 Å². The Morgan fingerprint density at radius 2 is 2.00 bits per heavy atom. The summed E-state index contributed by atoms with van der Waals surface area (Å²) in [6, 6.07) is 7.32. The molecule has 0 radical (unpaired) electrons. The fourth-order valence-electron chi connectivity index (χ4n) is 1.31. The van der Waals surface area contributed by atoms with Crippen LogP contribution in [-0.2, 0) is 20.3 Å². The Bertz CT molecular complexity index is 449. The summed E-state index contributed by atoms with van der Waals surface area (Å²) in [5.41, 5.74) is 1.10. The van der Waals surface area contributed by atoms with Gasteiger partial charge in [0.1, 0.15) is 11.9 Å². The fourth-order valence-corrected chi connectivity index (χ4v) is 2.36. The summed E-state index contributed by atoms with van der Waals surface area (Å²) >= 11 is 0. The van der Waals surface area contributed by atoms with Crippen molar-refractivity contribution < 1.29 is 13.7 Å². The van der Waals surface area contributed by atoms with Crippen LogP contribution in [0.1, 0.15) is 19.4 Å². The second-order valence-corrected chi connectivity index (χ2v) is 5.73. The number of esters is 1. The zero-order chi connectivity index (χ0) is 13.5. The molecule has 1 rings (SSSR count). The highest BCUT2D eigenvalue weighted by Crippen LogP contribution is 2.13. The minimum Gasteiger partial charge on any atom is -0.461 e. The molecule has 0 aromatic heterocycles. The zero-order valence-electron chi connectivity index (χ0n) is 10.9. The van der Waals surface area contributed by atoms with Crippen LogP contribution in [-0.4, -0.2) is 22.0 Å². The highest BCUT2D eigenvalue weighted by molar-refractivity contribution is 7.86. The van der Waals surface area contributed by atoms with Crippen LogP contribution in [0.4, 0.5) is 0 Å². The van der Waals surface area contributed by atoms with Crippen LogP contribution in [0.5, 0.6) is 0 Å². The van der Waals surface area contributed by atoms with E-state index in [0.717, 1.165) is 5.56 Å². The molecule has 2 atom stereocenters. The maximum Gasteiger partial charge on any atom is 0.322 e. The maximum absolute atomic E-state index is 12.1. The molecule has 4 heteroatoms. The van der Waals surface area contributed by atoms with Crippen molar-refractivity contribution in [3.8, 4) is 0 Å². The van der Waals surface area contributed by atoms with E-state index in [1.54, 1.807) is 31.2 Å². The molecule has 0 bridgehead atoms. The van der Waals surface area contributed by atoms with Gasteiger partial charge >= 0.3 is 5.97 Å². The van der Waals surface area contributed by atoms with Crippen LogP contribution >= 0.6 is 0 Å². The van der Waals surface area contributed by atoms with Crippen LogP contribution in [0.15, 0.2) is 41.3 Å². The number of carbonyl (C=O) groups is 1. The van der Waals surface area contributed by atoms with Gasteiger partial charge in [-0.3, -0.25) is 9.00 Å². The third kappa shape index (κ3) is 4.11. The van der Waals surface area contributed by atoms with Gasteiger partial charge in [-0.1, -0.05) is 29.8 Å². The first-order valence-corrected chi connectivity index (χ1v) is 7.02. The van der Waals surface area contributed by atoms with E-state index in [2.05, 4.69) is 0 Å². The molecule has 0 aliphatic carbocycles. The van der Waals surface area contributed by atoms with Gasteiger partial charge < -0.3 is 4.74 Å². The van der Waals surface area contributed by atoms with Crippen LogP contribution in [0.25, 0.3) is 0 Å². The van der Waals surface area contributed by atoms with E-state index < -0.39 is 22.0 Å². The molecule has 0 N–H and O–H groups in total. The van der Waals surface area contributed by atoms with E-state index >= 15 is 0 Å². The average Bonchev–Trinajstić information content (AvgIpc) is 2.38. The molecule has 1 aromatic carbocycles. The lowest BCUT2D eigenvalue weighted by atomic mass is 10.2. The molecule has 1 unspecified atom stereocenters. The minimum atomic E-state index is -1.37. The highest BCUT2D eigenvalue weighted by atomic mass is 32.2. The van der Waals surface area contributed by atoms with Gasteiger partial charge in [0.25, 0.3) is 0 Å². The molecule has 3 nitrogen and oxygen atoms in total. The number of hydrogen-bond acceptors (Lipinski definition) is 3. The molecule has 0 spiro atoms. The summed E-state index contributed by atoms with van der Waals surface area (Å²) < 4.78 is 17.1. The van der Waals surface area contributed by atoms with E-state index in [-0.39, 0.29) is 6.61 Å². The molecule has 18 heavy (non-hydrogen) atoms. The van der Waals surface area contributed by atoms with E-state index in [9.17, 15) is 9.00 Å². The quantitative estimate of drug-likeness (QED) is 0.608. The van der Waals surface area contributed by atoms with Crippen molar-refractivity contribution in [2.24, 2.45) is 0 Å². The van der Waals surface area contributed by atoms with Crippen molar-refractivity contribution >= 4 is 16.8 Å². The molecule has 0 aliphatic rings. The molecular formula is C14H18O3S. The Balaban J connectivity index is 2.65. The SMILES string of the molecule is C/C=C/COC(=O)C(C)[S@@](=O)c1ccc(C)cc1. The van der Waals surface area contributed by atoms with Crippen molar-refractivity contribution in [3.05, 3.63) is 42.0 Å². The lowest BCUT2D eigenvalue weighted by molar-refractivity contribution is -0.141. The molecule has 0 heterocycles. The Morgan fingerprint density at radius 3 is 2.56 bits per heavy atom. The number of hydrogen-bond donors (Lipinski definition) is 0. The molecule has 0 saturated carbocycles. The lowest BCUT2D eigenvalue weighted by Gasteiger charge is -2.10. The molecule has 0 aliphatic heterocycles. The van der Waals surface area contributed by atoms with Crippen molar-refractivity contribution in [2.75, 3.05) is 6.61 Å². The van der Waals surface area contributed by atoms with E-state index in [1.807, 2.05) is 26.0 Å². The van der Waals surface area contributed by atoms with Gasteiger partial charge in [0.15, 0.2) is 0 Å². The number of aryl methyl sites for hydroxylation is 1. The molecule has 0 fully saturated rings. The third-order valence-corrected chi connectivity index (χ3v) is 4.04. The van der Waals surface area contributed by atoms with E-state index in [0.29, 0.717) is 4.90 Å². The Labute approximate surface area is 110 Å². The molecule has 98 valence electrons. The molecule has 0 saturated heterocycles. The van der Waals surface area contributed by atoms with Crippen LogP contribution < -0.4 is 0 Å². The normalized spacial score (nSPS) is 14.4. The van der Waals surface area contributed by atoms with Gasteiger partial charge in [0.2, 0.25) is 0 Å². The zero-order valence-corrected chi connectivity index (χ0v) is 11.7. The number of ether oxygens (including phenoxy) is 1.